The van der Waals surface area contributed by atoms with Gasteiger partial charge in [-0.3, -0.25) is 0 Å². The fourth-order valence-electron chi connectivity index (χ4n) is 3.79. The smallest absolute Gasteiger partial charge is 0.416 e. The SMILES string of the molecule is CCCCCC(CC)Nc1nnc(-c2ccc(C(F)(F)F)cc2O)c(CCCOC)c1CO. The largest absolute Gasteiger partial charge is 0.507 e. The number of nitrogens with zero attached hydrogens (tertiary/aromatic N) is 2. The van der Waals surface area contributed by atoms with Gasteiger partial charge in [0.15, 0.2) is 5.82 Å². The molecule has 2 aromatic rings. The van der Waals surface area contributed by atoms with Crippen molar-refractivity contribution in [3.8, 4) is 17.0 Å². The van der Waals surface area contributed by atoms with E-state index in [0.717, 1.165) is 38.2 Å². The third kappa shape index (κ3) is 7.30. The molecule has 1 aromatic carbocycles. The predicted molar refractivity (Wildman–Crippen MR) is 122 cm³/mol. The summed E-state index contributed by atoms with van der Waals surface area (Å²) in [7, 11) is 1.58. The van der Waals surface area contributed by atoms with Crippen molar-refractivity contribution >= 4 is 5.82 Å². The van der Waals surface area contributed by atoms with Gasteiger partial charge in [-0.25, -0.2) is 0 Å². The van der Waals surface area contributed by atoms with Crippen LogP contribution in [0.2, 0.25) is 0 Å². The van der Waals surface area contributed by atoms with Crippen molar-refractivity contribution in [2.24, 2.45) is 0 Å². The molecule has 184 valence electrons. The van der Waals surface area contributed by atoms with E-state index in [2.05, 4.69) is 29.4 Å². The number of hydrogen-bond acceptors (Lipinski definition) is 6. The number of aromatic hydroxyl groups is 1. The highest BCUT2D eigenvalue weighted by Crippen LogP contribution is 2.38. The molecule has 0 bridgehead atoms. The molecule has 33 heavy (non-hydrogen) atoms. The predicted octanol–water partition coefficient (Wildman–Crippen LogP) is 5.71. The maximum Gasteiger partial charge on any atom is 0.416 e. The third-order valence-electron chi connectivity index (χ3n) is 5.69. The number of aliphatic hydroxyl groups excluding tert-OH is 1. The monoisotopic (exact) mass is 469 g/mol. The number of unbranched alkanes of at least 4 members (excludes halogenated alkanes) is 2. The van der Waals surface area contributed by atoms with Gasteiger partial charge in [-0.2, -0.15) is 13.2 Å². The van der Waals surface area contributed by atoms with E-state index in [1.54, 1.807) is 7.11 Å². The number of benzene rings is 1. The minimum Gasteiger partial charge on any atom is -0.507 e. The minimum atomic E-state index is -4.57. The Labute approximate surface area is 193 Å². The van der Waals surface area contributed by atoms with Gasteiger partial charge in [0.25, 0.3) is 0 Å². The fraction of sp³-hybridized carbons (Fsp3) is 0.583. The first-order valence-corrected chi connectivity index (χ1v) is 11.4. The van der Waals surface area contributed by atoms with Crippen LogP contribution in [0.1, 0.15) is 69.1 Å². The number of phenolic OH excluding ortho intramolecular Hbond substituents is 1. The topological polar surface area (TPSA) is 87.5 Å². The van der Waals surface area contributed by atoms with Gasteiger partial charge in [0.05, 0.1) is 12.2 Å². The molecule has 1 aromatic heterocycles. The first kappa shape index (κ1) is 26.9. The van der Waals surface area contributed by atoms with Gasteiger partial charge >= 0.3 is 6.18 Å². The molecule has 9 heteroatoms. The zero-order valence-corrected chi connectivity index (χ0v) is 19.5. The van der Waals surface area contributed by atoms with Crippen molar-refractivity contribution in [3.63, 3.8) is 0 Å². The second-order valence-electron chi connectivity index (χ2n) is 8.08. The van der Waals surface area contributed by atoms with E-state index in [1.165, 1.54) is 6.07 Å². The number of alkyl halides is 3. The molecular weight excluding hydrogens is 435 g/mol. The van der Waals surface area contributed by atoms with E-state index in [1.807, 2.05) is 0 Å². The second kappa shape index (κ2) is 12.7. The van der Waals surface area contributed by atoms with Gasteiger partial charge < -0.3 is 20.3 Å². The Morgan fingerprint density at radius 2 is 1.85 bits per heavy atom. The van der Waals surface area contributed by atoms with Crippen LogP contribution in [0.3, 0.4) is 0 Å². The van der Waals surface area contributed by atoms with Gasteiger partial charge in [0, 0.05) is 30.9 Å². The summed E-state index contributed by atoms with van der Waals surface area (Å²) in [4.78, 5) is 0. The first-order valence-electron chi connectivity index (χ1n) is 11.4. The number of aliphatic hydroxyl groups is 1. The summed E-state index contributed by atoms with van der Waals surface area (Å²) in [5.41, 5.74) is 0.608. The van der Waals surface area contributed by atoms with Crippen LogP contribution >= 0.6 is 0 Å². The van der Waals surface area contributed by atoms with Gasteiger partial charge in [0.1, 0.15) is 11.4 Å². The molecule has 0 radical (unpaired) electrons. The Hall–Kier alpha value is -2.39. The quantitative estimate of drug-likeness (QED) is 0.326. The molecule has 0 aliphatic rings. The highest BCUT2D eigenvalue weighted by molar-refractivity contribution is 5.72. The van der Waals surface area contributed by atoms with Crippen LogP contribution in [0.5, 0.6) is 5.75 Å². The van der Waals surface area contributed by atoms with Crippen molar-refractivity contribution in [2.45, 2.75) is 77.6 Å². The number of aromatic nitrogens is 2. The van der Waals surface area contributed by atoms with Gasteiger partial charge in [-0.15, -0.1) is 10.2 Å². The highest BCUT2D eigenvalue weighted by Gasteiger charge is 2.31. The summed E-state index contributed by atoms with van der Waals surface area (Å²) in [6.07, 6.45) is 1.64. The van der Waals surface area contributed by atoms with Gasteiger partial charge in [-0.1, -0.05) is 33.1 Å². The van der Waals surface area contributed by atoms with E-state index in [-0.39, 0.29) is 23.9 Å². The zero-order valence-electron chi connectivity index (χ0n) is 19.5. The Kier molecular flexibility index (Phi) is 10.4. The Morgan fingerprint density at radius 1 is 1.09 bits per heavy atom. The van der Waals surface area contributed by atoms with Gasteiger partial charge in [-0.05, 0) is 49.4 Å². The van der Waals surface area contributed by atoms with E-state index in [0.29, 0.717) is 42.5 Å². The molecule has 1 unspecified atom stereocenters. The van der Waals surface area contributed by atoms with E-state index >= 15 is 0 Å². The van der Waals surface area contributed by atoms with Crippen LogP contribution in [0, 0.1) is 0 Å². The highest BCUT2D eigenvalue weighted by atomic mass is 19.4. The summed E-state index contributed by atoms with van der Waals surface area (Å²) < 4.78 is 44.2. The summed E-state index contributed by atoms with van der Waals surface area (Å²) in [6, 6.07) is 2.94. The number of halogens is 3. The molecule has 0 spiro atoms. The summed E-state index contributed by atoms with van der Waals surface area (Å²) >= 11 is 0. The minimum absolute atomic E-state index is 0.138. The molecule has 0 saturated heterocycles. The van der Waals surface area contributed by atoms with Crippen molar-refractivity contribution in [3.05, 3.63) is 34.9 Å². The summed E-state index contributed by atoms with van der Waals surface area (Å²) in [5.74, 6) is -0.0777. The molecule has 1 atom stereocenters. The summed E-state index contributed by atoms with van der Waals surface area (Å²) in [6.45, 7) is 4.36. The van der Waals surface area contributed by atoms with Crippen LogP contribution in [0.15, 0.2) is 18.2 Å². The molecule has 0 aliphatic heterocycles. The maximum atomic E-state index is 13.0. The van der Waals surface area contributed by atoms with Crippen LogP contribution in [0.4, 0.5) is 19.0 Å². The fourth-order valence-corrected chi connectivity index (χ4v) is 3.79. The number of hydrogen-bond donors (Lipinski definition) is 3. The van der Waals surface area contributed by atoms with Crippen LogP contribution < -0.4 is 5.32 Å². The van der Waals surface area contributed by atoms with Crippen LogP contribution in [-0.4, -0.2) is 40.2 Å². The van der Waals surface area contributed by atoms with Crippen molar-refractivity contribution in [1.29, 1.82) is 0 Å². The number of nitrogens with one attached hydrogen (secondary N) is 1. The van der Waals surface area contributed by atoms with Crippen LogP contribution in [0.25, 0.3) is 11.3 Å². The summed E-state index contributed by atoms with van der Waals surface area (Å²) in [5, 5.41) is 32.5. The zero-order chi connectivity index (χ0) is 24.4. The Bertz CT molecular complexity index is 891. The lowest BCUT2D eigenvalue weighted by Gasteiger charge is -2.22. The third-order valence-corrected chi connectivity index (χ3v) is 5.69. The standard InChI is InChI=1S/C24H34F3N3O3/c1-4-6-7-9-17(5-2)28-23-20(15-31)18(10-8-13-33-3)22(29-30-23)19-12-11-16(14-21(19)32)24(25,26)27/h11-12,14,17,31-32H,4-10,13,15H2,1-3H3,(H,28,30). The van der Waals surface area contributed by atoms with Crippen molar-refractivity contribution in [1.82, 2.24) is 10.2 Å². The molecule has 1 heterocycles. The molecule has 0 fully saturated rings. The lowest BCUT2D eigenvalue weighted by atomic mass is 9.96. The average Bonchev–Trinajstić information content (AvgIpc) is 2.78. The Morgan fingerprint density at radius 3 is 2.42 bits per heavy atom. The van der Waals surface area contributed by atoms with Gasteiger partial charge in [0.2, 0.25) is 0 Å². The molecule has 2 rings (SSSR count). The second-order valence-corrected chi connectivity index (χ2v) is 8.08. The normalized spacial score (nSPS) is 12.7. The molecule has 0 amide bonds. The molecular formula is C24H34F3N3O3. The Balaban J connectivity index is 2.49. The number of phenols is 1. The number of ether oxygens (including phenoxy) is 1. The average molecular weight is 470 g/mol. The van der Waals surface area contributed by atoms with E-state index < -0.39 is 17.5 Å². The number of anilines is 1. The number of rotatable bonds is 13. The first-order chi connectivity index (χ1) is 15.8. The van der Waals surface area contributed by atoms with E-state index in [9.17, 15) is 23.4 Å². The van der Waals surface area contributed by atoms with Crippen molar-refractivity contribution in [2.75, 3.05) is 19.0 Å². The van der Waals surface area contributed by atoms with Crippen LogP contribution in [-0.2, 0) is 23.9 Å². The lowest BCUT2D eigenvalue weighted by molar-refractivity contribution is -0.137. The van der Waals surface area contributed by atoms with Crippen molar-refractivity contribution < 1.29 is 28.1 Å². The molecule has 0 saturated carbocycles. The molecule has 0 aliphatic carbocycles. The molecule has 3 N–H and O–H groups in total. The molecule has 6 nitrogen and oxygen atoms in total. The van der Waals surface area contributed by atoms with E-state index in [4.69, 9.17) is 4.74 Å². The number of methoxy groups -OCH3 is 1. The lowest BCUT2D eigenvalue weighted by Crippen LogP contribution is -2.21. The maximum absolute atomic E-state index is 13.0.